The van der Waals surface area contributed by atoms with Gasteiger partial charge in [-0.25, -0.2) is 14.8 Å². The molecule has 0 atom stereocenters. The Morgan fingerprint density at radius 3 is 1.83 bits per heavy atom. The lowest BCUT2D eigenvalue weighted by Crippen LogP contribution is -1.96. The highest BCUT2D eigenvalue weighted by Crippen LogP contribution is 2.34. The summed E-state index contributed by atoms with van der Waals surface area (Å²) in [4.78, 5) is 13.6. The van der Waals surface area contributed by atoms with Crippen LogP contribution >= 0.6 is 22.7 Å². The number of nitrogens with two attached hydrogens (primary N) is 1. The van der Waals surface area contributed by atoms with Gasteiger partial charge in [-0.3, -0.25) is 0 Å². The normalized spacial score (nSPS) is 10.2. The Balaban J connectivity index is 0.000000171. The topological polar surface area (TPSA) is 96.6 Å². The van der Waals surface area contributed by atoms with Crippen LogP contribution in [-0.2, 0) is 6.54 Å². The van der Waals surface area contributed by atoms with E-state index in [1.165, 1.54) is 11.3 Å². The summed E-state index contributed by atoms with van der Waals surface area (Å²) in [6.07, 6.45) is 0. The molecule has 0 bridgehead atoms. The van der Waals surface area contributed by atoms with Crippen molar-refractivity contribution in [3.63, 3.8) is 0 Å². The Kier molecular flexibility index (Phi) is 6.79. The highest BCUT2D eigenvalue weighted by Gasteiger charge is 2.08. The number of nitrogens with zero attached hydrogens (tertiary/aromatic N) is 3. The summed E-state index contributed by atoms with van der Waals surface area (Å²) in [6.45, 7) is 11.1. The molecule has 152 valence electrons. The number of benzene rings is 2. The number of phenols is 2. The van der Waals surface area contributed by atoms with Gasteiger partial charge in [0.05, 0.1) is 38.7 Å². The monoisotopic (exact) mass is 436 g/mol. The molecular weight excluding hydrogens is 416 g/mol. The molecule has 0 saturated carbocycles. The Morgan fingerprint density at radius 1 is 0.900 bits per heavy atom. The number of hydrogen-bond acceptors (Lipinski definition) is 7. The predicted molar refractivity (Wildman–Crippen MR) is 122 cm³/mol. The summed E-state index contributed by atoms with van der Waals surface area (Å²) in [5.74, 6) is 0.276. The zero-order valence-corrected chi connectivity index (χ0v) is 18.1. The van der Waals surface area contributed by atoms with Crippen LogP contribution < -0.4 is 5.73 Å². The molecule has 0 aliphatic rings. The van der Waals surface area contributed by atoms with Crippen LogP contribution in [0.1, 0.15) is 17.0 Å². The molecule has 0 aliphatic heterocycles. The number of hydrogen-bond donors (Lipinski definition) is 3. The van der Waals surface area contributed by atoms with Gasteiger partial charge in [-0.2, -0.15) is 0 Å². The van der Waals surface area contributed by atoms with Crippen LogP contribution in [0, 0.1) is 20.4 Å². The first kappa shape index (κ1) is 21.5. The van der Waals surface area contributed by atoms with Gasteiger partial charge in [0.1, 0.15) is 11.5 Å². The van der Waals surface area contributed by atoms with E-state index in [0.29, 0.717) is 6.54 Å². The number of aromatic hydroxyl groups is 2. The number of thiazole rings is 2. The number of aromatic nitrogens is 2. The molecule has 4 N–H and O–H groups in total. The Hall–Kier alpha value is -3.25. The lowest BCUT2D eigenvalue weighted by Gasteiger charge is -2.04. The SMILES string of the molecule is Cc1ncsc1-c1ccc(CN)c(O)c1.[C-]#[N+]c1ccc(-c2scnc2C)cc1O. The van der Waals surface area contributed by atoms with E-state index in [0.717, 1.165) is 37.8 Å². The Bertz CT molecular complexity index is 1210. The third-order valence-corrected chi connectivity index (χ3v) is 6.37. The molecule has 2 aromatic heterocycles. The molecule has 4 rings (SSSR count). The Morgan fingerprint density at radius 2 is 1.43 bits per heavy atom. The second-order valence-electron chi connectivity index (χ2n) is 6.40. The van der Waals surface area contributed by atoms with E-state index in [2.05, 4.69) is 14.8 Å². The molecule has 6 nitrogen and oxygen atoms in total. The number of rotatable bonds is 3. The van der Waals surface area contributed by atoms with Crippen LogP contribution in [0.4, 0.5) is 5.69 Å². The maximum Gasteiger partial charge on any atom is 0.227 e. The van der Waals surface area contributed by atoms with Crippen molar-refractivity contribution in [1.82, 2.24) is 9.97 Å². The molecule has 4 aromatic rings. The molecule has 2 heterocycles. The fourth-order valence-corrected chi connectivity index (χ4v) is 4.40. The fraction of sp³-hybridized carbons (Fsp3) is 0.136. The van der Waals surface area contributed by atoms with Crippen molar-refractivity contribution in [2.75, 3.05) is 0 Å². The molecule has 0 fully saturated rings. The van der Waals surface area contributed by atoms with E-state index in [1.54, 1.807) is 40.6 Å². The summed E-state index contributed by atoms with van der Waals surface area (Å²) in [5, 5.41) is 19.2. The molecule has 0 aliphatic carbocycles. The highest BCUT2D eigenvalue weighted by molar-refractivity contribution is 7.13. The minimum atomic E-state index is 0.0234. The van der Waals surface area contributed by atoms with Crippen LogP contribution in [0.15, 0.2) is 47.4 Å². The van der Waals surface area contributed by atoms with Crippen molar-refractivity contribution in [2.45, 2.75) is 20.4 Å². The first-order valence-electron chi connectivity index (χ1n) is 8.98. The summed E-state index contributed by atoms with van der Waals surface area (Å²) in [7, 11) is 0. The van der Waals surface area contributed by atoms with Crippen LogP contribution in [0.3, 0.4) is 0 Å². The number of aryl methyl sites for hydroxylation is 2. The zero-order valence-electron chi connectivity index (χ0n) is 16.5. The lowest BCUT2D eigenvalue weighted by molar-refractivity contribution is 0.468. The molecule has 0 spiro atoms. The molecule has 0 amide bonds. The summed E-state index contributed by atoms with van der Waals surface area (Å²) >= 11 is 3.10. The quantitative estimate of drug-likeness (QED) is 0.360. The van der Waals surface area contributed by atoms with Gasteiger partial charge in [-0.1, -0.05) is 24.3 Å². The summed E-state index contributed by atoms with van der Waals surface area (Å²) in [6, 6.07) is 10.6. The van der Waals surface area contributed by atoms with Crippen molar-refractivity contribution in [3.05, 3.63) is 75.8 Å². The minimum absolute atomic E-state index is 0.0234. The second-order valence-corrected chi connectivity index (χ2v) is 8.11. The molecular formula is C22H20N4O2S2. The molecule has 8 heteroatoms. The average Bonchev–Trinajstić information content (AvgIpc) is 3.36. The summed E-state index contributed by atoms with van der Waals surface area (Å²) < 4.78 is 0. The highest BCUT2D eigenvalue weighted by atomic mass is 32.1. The molecule has 0 saturated heterocycles. The van der Waals surface area contributed by atoms with Gasteiger partial charge in [-0.05, 0) is 37.1 Å². The maximum absolute atomic E-state index is 9.69. The fourth-order valence-electron chi connectivity index (χ4n) is 2.79. The standard InChI is InChI=1S/C11H8N2OS.C11H12N2OS/c1-7-11(15-6-13-7)8-3-4-9(12-2)10(14)5-8;1-7-11(15-6-13-7)8-2-3-9(5-12)10(14)4-8/h3-6,14H,1H3;2-4,6,14H,5,12H2,1H3. The van der Waals surface area contributed by atoms with E-state index >= 15 is 0 Å². The second kappa shape index (κ2) is 9.50. The van der Waals surface area contributed by atoms with Gasteiger partial charge in [0, 0.05) is 12.1 Å². The maximum atomic E-state index is 9.69. The summed E-state index contributed by atoms with van der Waals surface area (Å²) in [5.41, 5.74) is 13.9. The molecule has 0 unspecified atom stereocenters. The van der Waals surface area contributed by atoms with E-state index in [-0.39, 0.29) is 17.2 Å². The zero-order chi connectivity index (χ0) is 21.7. The van der Waals surface area contributed by atoms with Crippen molar-refractivity contribution < 1.29 is 10.2 Å². The van der Waals surface area contributed by atoms with Crippen molar-refractivity contribution in [3.8, 4) is 32.4 Å². The largest absolute Gasteiger partial charge is 0.519 e. The van der Waals surface area contributed by atoms with Gasteiger partial charge < -0.3 is 15.9 Å². The van der Waals surface area contributed by atoms with Crippen LogP contribution in [0.2, 0.25) is 0 Å². The van der Waals surface area contributed by atoms with E-state index in [1.807, 2.05) is 32.0 Å². The van der Waals surface area contributed by atoms with E-state index in [4.69, 9.17) is 12.3 Å². The lowest BCUT2D eigenvalue weighted by atomic mass is 10.1. The van der Waals surface area contributed by atoms with Crippen LogP contribution in [0.5, 0.6) is 11.5 Å². The first-order chi connectivity index (χ1) is 14.4. The smallest absolute Gasteiger partial charge is 0.227 e. The molecule has 30 heavy (non-hydrogen) atoms. The Labute approximate surface area is 182 Å². The average molecular weight is 437 g/mol. The molecule has 2 aromatic carbocycles. The van der Waals surface area contributed by atoms with Crippen molar-refractivity contribution in [2.24, 2.45) is 5.73 Å². The third kappa shape index (κ3) is 4.66. The van der Waals surface area contributed by atoms with Gasteiger partial charge in [0.25, 0.3) is 0 Å². The predicted octanol–water partition coefficient (Wildman–Crippen LogP) is 5.66. The van der Waals surface area contributed by atoms with Crippen molar-refractivity contribution in [1.29, 1.82) is 0 Å². The molecule has 0 radical (unpaired) electrons. The first-order valence-corrected chi connectivity index (χ1v) is 10.7. The van der Waals surface area contributed by atoms with Crippen LogP contribution in [-0.4, -0.2) is 20.2 Å². The van der Waals surface area contributed by atoms with Gasteiger partial charge >= 0.3 is 0 Å². The van der Waals surface area contributed by atoms with E-state index in [9.17, 15) is 10.2 Å². The number of phenolic OH excluding ortho intramolecular Hbond substituents is 2. The van der Waals surface area contributed by atoms with Gasteiger partial charge in [-0.15, -0.1) is 22.7 Å². The van der Waals surface area contributed by atoms with Gasteiger partial charge in [0.15, 0.2) is 0 Å². The third-order valence-electron chi connectivity index (χ3n) is 4.42. The minimum Gasteiger partial charge on any atom is -0.519 e. The van der Waals surface area contributed by atoms with Crippen LogP contribution in [0.25, 0.3) is 25.7 Å². The van der Waals surface area contributed by atoms with Crippen molar-refractivity contribution >= 4 is 28.4 Å². The van der Waals surface area contributed by atoms with E-state index < -0.39 is 0 Å². The van der Waals surface area contributed by atoms with Gasteiger partial charge in [0.2, 0.25) is 5.69 Å².